The fraction of sp³-hybridized carbons (Fsp3) is 0.500. The second-order valence-corrected chi connectivity index (χ2v) is 10.5. The lowest BCUT2D eigenvalue weighted by Gasteiger charge is -2.33. The van der Waals surface area contributed by atoms with Crippen molar-refractivity contribution < 1.29 is 24.5 Å². The topological polar surface area (TPSA) is 76.0 Å². The van der Waals surface area contributed by atoms with Gasteiger partial charge in [0.25, 0.3) is 0 Å². The zero-order chi connectivity index (χ0) is 23.4. The summed E-state index contributed by atoms with van der Waals surface area (Å²) in [5, 5.41) is 19.6. The van der Waals surface area contributed by atoms with Crippen LogP contribution in [0.2, 0.25) is 0 Å². The quantitative estimate of drug-likeness (QED) is 0.432. The molecule has 2 rings (SSSR count). The van der Waals surface area contributed by atoms with E-state index >= 15 is 0 Å². The molecule has 0 aliphatic carbocycles. The monoisotopic (exact) mass is 428 g/mol. The molecule has 170 valence electrons. The first-order chi connectivity index (χ1) is 14.3. The van der Waals surface area contributed by atoms with Crippen LogP contribution in [0, 0.1) is 23.7 Å². The summed E-state index contributed by atoms with van der Waals surface area (Å²) < 4.78 is 11.4. The number of aryl methyl sites for hydroxylation is 1. The SMILES string of the molecule is Cc1cc(CO)c(O)c(COc2ccc(OC(=O)C(CC(C)(C)C)C(C)(C)C)cc2)c1. The summed E-state index contributed by atoms with van der Waals surface area (Å²) in [6.45, 7) is 14.4. The summed E-state index contributed by atoms with van der Waals surface area (Å²) in [5.41, 5.74) is 1.84. The molecule has 0 bridgehead atoms. The number of hydrogen-bond donors (Lipinski definition) is 2. The predicted octanol–water partition coefficient (Wildman–Crippen LogP) is 5.78. The summed E-state index contributed by atoms with van der Waals surface area (Å²) in [4.78, 5) is 12.9. The predicted molar refractivity (Wildman–Crippen MR) is 122 cm³/mol. The van der Waals surface area contributed by atoms with Gasteiger partial charge in [-0.25, -0.2) is 0 Å². The van der Waals surface area contributed by atoms with Gasteiger partial charge < -0.3 is 19.7 Å². The van der Waals surface area contributed by atoms with Gasteiger partial charge in [0.1, 0.15) is 23.9 Å². The van der Waals surface area contributed by atoms with Crippen molar-refractivity contribution in [3.8, 4) is 17.2 Å². The van der Waals surface area contributed by atoms with Crippen molar-refractivity contribution >= 4 is 5.97 Å². The number of carbonyl (C=O) groups is 1. The minimum absolute atomic E-state index is 0.0197. The van der Waals surface area contributed by atoms with Gasteiger partial charge in [-0.2, -0.15) is 0 Å². The maximum atomic E-state index is 12.9. The van der Waals surface area contributed by atoms with E-state index in [4.69, 9.17) is 9.47 Å². The number of benzene rings is 2. The van der Waals surface area contributed by atoms with E-state index in [1.165, 1.54) is 0 Å². The molecular formula is C26H36O5. The Labute approximate surface area is 186 Å². The van der Waals surface area contributed by atoms with Crippen molar-refractivity contribution in [2.24, 2.45) is 16.7 Å². The number of ether oxygens (including phenoxy) is 2. The minimum atomic E-state index is -0.231. The minimum Gasteiger partial charge on any atom is -0.507 e. The van der Waals surface area contributed by atoms with Gasteiger partial charge >= 0.3 is 5.97 Å². The van der Waals surface area contributed by atoms with Gasteiger partial charge in [-0.05, 0) is 54.5 Å². The third-order valence-electron chi connectivity index (χ3n) is 5.17. The Morgan fingerprint density at radius 1 is 0.968 bits per heavy atom. The van der Waals surface area contributed by atoms with Crippen LogP contribution in [0.15, 0.2) is 36.4 Å². The summed E-state index contributed by atoms with van der Waals surface area (Å²) >= 11 is 0. The molecule has 0 heterocycles. The lowest BCUT2D eigenvalue weighted by Crippen LogP contribution is -2.35. The van der Waals surface area contributed by atoms with E-state index in [0.29, 0.717) is 22.6 Å². The first-order valence-electron chi connectivity index (χ1n) is 10.7. The molecule has 0 amide bonds. The maximum absolute atomic E-state index is 12.9. The van der Waals surface area contributed by atoms with Crippen LogP contribution in [0.1, 0.15) is 64.7 Å². The number of phenols is 1. The first kappa shape index (κ1) is 24.7. The molecule has 0 aliphatic heterocycles. The maximum Gasteiger partial charge on any atom is 0.314 e. The van der Waals surface area contributed by atoms with E-state index < -0.39 is 0 Å². The molecule has 0 aromatic heterocycles. The highest BCUT2D eigenvalue weighted by atomic mass is 16.5. The van der Waals surface area contributed by atoms with Gasteiger partial charge in [0.15, 0.2) is 0 Å². The van der Waals surface area contributed by atoms with E-state index in [9.17, 15) is 15.0 Å². The summed E-state index contributed by atoms with van der Waals surface area (Å²) in [7, 11) is 0. The van der Waals surface area contributed by atoms with Gasteiger partial charge in [0, 0.05) is 11.1 Å². The lowest BCUT2D eigenvalue weighted by atomic mass is 9.72. The largest absolute Gasteiger partial charge is 0.507 e. The van der Waals surface area contributed by atoms with Crippen LogP contribution in [0.3, 0.4) is 0 Å². The van der Waals surface area contributed by atoms with E-state index in [2.05, 4.69) is 41.5 Å². The molecule has 0 fully saturated rings. The lowest BCUT2D eigenvalue weighted by molar-refractivity contribution is -0.144. The molecule has 31 heavy (non-hydrogen) atoms. The summed E-state index contributed by atoms with van der Waals surface area (Å²) in [6.07, 6.45) is 0.742. The van der Waals surface area contributed by atoms with Crippen LogP contribution in [0.5, 0.6) is 17.2 Å². The van der Waals surface area contributed by atoms with Gasteiger partial charge in [-0.3, -0.25) is 4.79 Å². The number of hydrogen-bond acceptors (Lipinski definition) is 5. The Morgan fingerprint density at radius 3 is 2.03 bits per heavy atom. The molecule has 2 aromatic rings. The molecule has 0 saturated carbocycles. The van der Waals surface area contributed by atoms with Crippen molar-refractivity contribution in [2.75, 3.05) is 0 Å². The van der Waals surface area contributed by atoms with Crippen LogP contribution < -0.4 is 9.47 Å². The molecule has 1 unspecified atom stereocenters. The zero-order valence-corrected chi connectivity index (χ0v) is 19.8. The van der Waals surface area contributed by atoms with Crippen LogP contribution in [0.25, 0.3) is 0 Å². The van der Waals surface area contributed by atoms with Gasteiger partial charge in [0.2, 0.25) is 0 Å². The Bertz CT molecular complexity index is 886. The molecule has 0 aliphatic rings. The second-order valence-electron chi connectivity index (χ2n) is 10.5. The summed E-state index contributed by atoms with van der Waals surface area (Å²) in [5.74, 6) is 0.672. The molecule has 0 radical (unpaired) electrons. The van der Waals surface area contributed by atoms with Crippen molar-refractivity contribution in [2.45, 2.75) is 68.1 Å². The number of carbonyl (C=O) groups excluding carboxylic acids is 1. The molecule has 5 heteroatoms. The van der Waals surface area contributed by atoms with Crippen LogP contribution in [-0.2, 0) is 18.0 Å². The van der Waals surface area contributed by atoms with E-state index in [1.807, 2.05) is 13.0 Å². The third-order valence-corrected chi connectivity index (χ3v) is 5.17. The number of aromatic hydroxyl groups is 1. The van der Waals surface area contributed by atoms with E-state index in [0.717, 1.165) is 12.0 Å². The molecule has 1 atom stereocenters. The Balaban J connectivity index is 2.05. The number of aliphatic hydroxyl groups is 1. The highest BCUT2D eigenvalue weighted by molar-refractivity contribution is 5.76. The van der Waals surface area contributed by atoms with Crippen LogP contribution >= 0.6 is 0 Å². The Morgan fingerprint density at radius 2 is 1.52 bits per heavy atom. The fourth-order valence-electron chi connectivity index (χ4n) is 3.47. The summed E-state index contributed by atoms with van der Waals surface area (Å²) in [6, 6.07) is 10.5. The van der Waals surface area contributed by atoms with E-state index in [1.54, 1.807) is 30.3 Å². The number of rotatable bonds is 7. The standard InChI is InChI=1S/C26H36O5/c1-17-12-18(15-27)23(28)19(13-17)16-30-20-8-10-21(11-9-20)31-24(29)22(26(5,6)7)14-25(2,3)4/h8-13,22,27-28H,14-16H2,1-7H3. The number of esters is 1. The average molecular weight is 429 g/mol. The molecule has 0 saturated heterocycles. The van der Waals surface area contributed by atoms with Crippen LogP contribution in [0.4, 0.5) is 0 Å². The molecule has 2 N–H and O–H groups in total. The smallest absolute Gasteiger partial charge is 0.314 e. The molecule has 0 spiro atoms. The van der Waals surface area contributed by atoms with Crippen molar-refractivity contribution in [3.63, 3.8) is 0 Å². The van der Waals surface area contributed by atoms with Gasteiger partial charge in [-0.15, -0.1) is 0 Å². The van der Waals surface area contributed by atoms with Crippen LogP contribution in [-0.4, -0.2) is 16.2 Å². The van der Waals surface area contributed by atoms with E-state index in [-0.39, 0.29) is 41.7 Å². The second kappa shape index (κ2) is 9.73. The molecule has 2 aromatic carbocycles. The highest BCUT2D eigenvalue weighted by Gasteiger charge is 2.36. The highest BCUT2D eigenvalue weighted by Crippen LogP contribution is 2.37. The van der Waals surface area contributed by atoms with Gasteiger partial charge in [0.05, 0.1) is 12.5 Å². The Kier molecular flexibility index (Phi) is 7.77. The van der Waals surface area contributed by atoms with Gasteiger partial charge in [-0.1, -0.05) is 53.2 Å². The normalized spacial score (nSPS) is 13.0. The number of aliphatic hydroxyl groups excluding tert-OH is 1. The average Bonchev–Trinajstić information content (AvgIpc) is 2.66. The fourth-order valence-corrected chi connectivity index (χ4v) is 3.47. The Hall–Kier alpha value is -2.53. The first-order valence-corrected chi connectivity index (χ1v) is 10.7. The molecule has 5 nitrogen and oxygen atoms in total. The third kappa shape index (κ3) is 7.28. The molecular weight excluding hydrogens is 392 g/mol. The van der Waals surface area contributed by atoms with Crippen molar-refractivity contribution in [1.82, 2.24) is 0 Å². The van der Waals surface area contributed by atoms with Crippen molar-refractivity contribution in [1.29, 1.82) is 0 Å². The zero-order valence-electron chi connectivity index (χ0n) is 19.8. The van der Waals surface area contributed by atoms with Crippen molar-refractivity contribution in [3.05, 3.63) is 53.1 Å².